The Morgan fingerprint density at radius 2 is 1.78 bits per heavy atom. The molecule has 1 unspecified atom stereocenters. The van der Waals surface area contributed by atoms with E-state index in [9.17, 15) is 4.79 Å². The highest BCUT2D eigenvalue weighted by atomic mass is 16.5. The van der Waals surface area contributed by atoms with Crippen LogP contribution < -0.4 is 0 Å². The first-order valence-corrected chi connectivity index (χ1v) is 11.0. The third kappa shape index (κ3) is 3.89. The van der Waals surface area contributed by atoms with Crippen molar-refractivity contribution in [2.75, 3.05) is 19.6 Å². The lowest BCUT2D eigenvalue weighted by atomic mass is 10.0. The topological polar surface area (TPSA) is 62.5 Å². The summed E-state index contributed by atoms with van der Waals surface area (Å²) in [5.41, 5.74) is 4.65. The van der Waals surface area contributed by atoms with Crippen LogP contribution in [-0.2, 0) is 6.54 Å². The Hall–Kier alpha value is -3.51. The van der Waals surface area contributed by atoms with E-state index < -0.39 is 0 Å². The van der Waals surface area contributed by atoms with Crippen LogP contribution in [0.2, 0.25) is 0 Å². The van der Waals surface area contributed by atoms with Crippen LogP contribution in [0.1, 0.15) is 28.5 Å². The van der Waals surface area contributed by atoms with Gasteiger partial charge >= 0.3 is 0 Å². The number of carbonyl (C=O) groups excluding carboxylic acids is 1. The number of benzene rings is 2. The summed E-state index contributed by atoms with van der Waals surface area (Å²) in [6.07, 6.45) is 0. The first kappa shape index (κ1) is 20.4. The first-order chi connectivity index (χ1) is 15.6. The zero-order chi connectivity index (χ0) is 22.1. The Labute approximate surface area is 187 Å². The molecule has 3 heterocycles. The predicted molar refractivity (Wildman–Crippen MR) is 124 cm³/mol. The quantitative estimate of drug-likeness (QED) is 0.479. The fourth-order valence-electron chi connectivity index (χ4n) is 4.49. The minimum atomic E-state index is 0.00717. The lowest BCUT2D eigenvalue weighted by Gasteiger charge is -2.40. The third-order valence-corrected chi connectivity index (χ3v) is 6.14. The van der Waals surface area contributed by atoms with E-state index in [2.05, 4.69) is 46.2 Å². The zero-order valence-electron chi connectivity index (χ0n) is 18.4. The monoisotopic (exact) mass is 426 g/mol. The number of pyridine rings is 1. The van der Waals surface area contributed by atoms with Gasteiger partial charge in [-0.15, -0.1) is 0 Å². The highest BCUT2D eigenvalue weighted by Crippen LogP contribution is 2.29. The van der Waals surface area contributed by atoms with Crippen molar-refractivity contribution < 1.29 is 9.32 Å². The van der Waals surface area contributed by atoms with Gasteiger partial charge in [-0.25, -0.2) is 4.98 Å². The summed E-state index contributed by atoms with van der Waals surface area (Å²) >= 11 is 0. The van der Waals surface area contributed by atoms with Gasteiger partial charge in [-0.1, -0.05) is 65.8 Å². The predicted octanol–water partition coefficient (Wildman–Crippen LogP) is 4.54. The lowest BCUT2D eigenvalue weighted by molar-refractivity contribution is 0.0477. The van der Waals surface area contributed by atoms with E-state index in [4.69, 9.17) is 4.52 Å². The van der Waals surface area contributed by atoms with E-state index >= 15 is 0 Å². The van der Waals surface area contributed by atoms with Crippen LogP contribution in [0.5, 0.6) is 0 Å². The molecule has 1 aliphatic heterocycles. The van der Waals surface area contributed by atoms with E-state index in [-0.39, 0.29) is 11.9 Å². The number of amides is 1. The molecule has 32 heavy (non-hydrogen) atoms. The van der Waals surface area contributed by atoms with Gasteiger partial charge in [0.25, 0.3) is 11.6 Å². The molecule has 1 aliphatic rings. The van der Waals surface area contributed by atoms with Gasteiger partial charge in [0, 0.05) is 37.8 Å². The number of piperazine rings is 1. The van der Waals surface area contributed by atoms with Crippen LogP contribution in [0.15, 0.2) is 71.3 Å². The fourth-order valence-corrected chi connectivity index (χ4v) is 4.49. The van der Waals surface area contributed by atoms with E-state index in [1.807, 2.05) is 54.3 Å². The molecule has 162 valence electrons. The van der Waals surface area contributed by atoms with Crippen LogP contribution in [0.4, 0.5) is 0 Å². The molecular weight excluding hydrogens is 400 g/mol. The standard InChI is InChI=1S/C26H26N4O2/c1-18-16-29(17-20-9-5-3-6-10-20)13-14-30(18)26(31)22-15-23(21-11-7-4-8-12-21)27-25-24(22)19(2)28-32-25/h3-12,15,18H,13-14,16-17H2,1-2H3. The molecule has 1 fully saturated rings. The number of carbonyl (C=O) groups is 1. The molecule has 0 radical (unpaired) electrons. The molecule has 1 saturated heterocycles. The second-order valence-corrected chi connectivity index (χ2v) is 8.44. The van der Waals surface area contributed by atoms with Gasteiger partial charge in [0.15, 0.2) is 0 Å². The number of rotatable bonds is 4. The molecule has 6 heteroatoms. The second kappa shape index (κ2) is 8.55. The molecule has 0 spiro atoms. The van der Waals surface area contributed by atoms with Gasteiger partial charge in [-0.3, -0.25) is 9.69 Å². The van der Waals surface area contributed by atoms with Gasteiger partial charge in [0.05, 0.1) is 22.3 Å². The van der Waals surface area contributed by atoms with Crippen LogP contribution in [0, 0.1) is 6.92 Å². The summed E-state index contributed by atoms with van der Waals surface area (Å²) in [6, 6.07) is 22.3. The van der Waals surface area contributed by atoms with Crippen molar-refractivity contribution >= 4 is 17.0 Å². The number of hydrogen-bond acceptors (Lipinski definition) is 5. The van der Waals surface area contributed by atoms with Gasteiger partial charge in [-0.05, 0) is 25.5 Å². The Balaban J connectivity index is 1.43. The smallest absolute Gasteiger partial charge is 0.259 e. The third-order valence-electron chi connectivity index (χ3n) is 6.14. The summed E-state index contributed by atoms with van der Waals surface area (Å²) in [6.45, 7) is 7.23. The molecule has 0 N–H and O–H groups in total. The first-order valence-electron chi connectivity index (χ1n) is 11.0. The highest BCUT2D eigenvalue weighted by molar-refractivity contribution is 6.07. The fraction of sp³-hybridized carbons (Fsp3) is 0.269. The van der Waals surface area contributed by atoms with Gasteiger partial charge in [0.2, 0.25) is 0 Å². The summed E-state index contributed by atoms with van der Waals surface area (Å²) in [4.78, 5) is 22.7. The van der Waals surface area contributed by atoms with E-state index in [0.717, 1.165) is 25.2 Å². The van der Waals surface area contributed by atoms with Crippen molar-refractivity contribution in [2.45, 2.75) is 26.4 Å². The molecule has 0 bridgehead atoms. The summed E-state index contributed by atoms with van der Waals surface area (Å²) < 4.78 is 5.46. The molecule has 2 aromatic carbocycles. The molecule has 4 aromatic rings. The van der Waals surface area contributed by atoms with Crippen LogP contribution in [-0.4, -0.2) is 51.5 Å². The van der Waals surface area contributed by atoms with E-state index in [1.54, 1.807) is 0 Å². The second-order valence-electron chi connectivity index (χ2n) is 8.44. The van der Waals surface area contributed by atoms with Crippen LogP contribution >= 0.6 is 0 Å². The van der Waals surface area contributed by atoms with Crippen molar-refractivity contribution in [3.63, 3.8) is 0 Å². The average Bonchev–Trinajstić information content (AvgIpc) is 3.20. The maximum Gasteiger partial charge on any atom is 0.259 e. The number of aromatic nitrogens is 2. The Bertz CT molecular complexity index is 1240. The summed E-state index contributed by atoms with van der Waals surface area (Å²) in [5, 5.41) is 4.78. The van der Waals surface area contributed by atoms with Gasteiger partial charge in [-0.2, -0.15) is 0 Å². The molecule has 2 aromatic heterocycles. The van der Waals surface area contributed by atoms with Crippen LogP contribution in [0.25, 0.3) is 22.4 Å². The summed E-state index contributed by atoms with van der Waals surface area (Å²) in [5.74, 6) is 0.00717. The van der Waals surface area contributed by atoms with Crippen molar-refractivity contribution in [3.8, 4) is 11.3 Å². The van der Waals surface area contributed by atoms with Crippen LogP contribution in [0.3, 0.4) is 0 Å². The average molecular weight is 427 g/mol. The zero-order valence-corrected chi connectivity index (χ0v) is 18.4. The van der Waals surface area contributed by atoms with Crippen molar-refractivity contribution in [1.82, 2.24) is 19.9 Å². The van der Waals surface area contributed by atoms with E-state index in [1.165, 1.54) is 5.56 Å². The number of fused-ring (bicyclic) bond motifs is 1. The van der Waals surface area contributed by atoms with E-state index in [0.29, 0.717) is 34.6 Å². The van der Waals surface area contributed by atoms with Gasteiger partial charge in [0.1, 0.15) is 0 Å². The minimum Gasteiger partial charge on any atom is -0.335 e. The largest absolute Gasteiger partial charge is 0.335 e. The minimum absolute atomic E-state index is 0.00717. The number of hydrogen-bond donors (Lipinski definition) is 0. The Kier molecular flexibility index (Phi) is 5.45. The van der Waals surface area contributed by atoms with Crippen molar-refractivity contribution in [3.05, 3.63) is 83.6 Å². The lowest BCUT2D eigenvalue weighted by Crippen LogP contribution is -2.53. The van der Waals surface area contributed by atoms with Crippen molar-refractivity contribution in [1.29, 1.82) is 0 Å². The number of nitrogens with zero attached hydrogens (tertiary/aromatic N) is 4. The van der Waals surface area contributed by atoms with Gasteiger partial charge < -0.3 is 9.42 Å². The molecule has 1 amide bonds. The maximum absolute atomic E-state index is 13.7. The summed E-state index contributed by atoms with van der Waals surface area (Å²) in [7, 11) is 0. The molecule has 6 nitrogen and oxygen atoms in total. The molecule has 5 rings (SSSR count). The molecule has 0 saturated carbocycles. The number of aryl methyl sites for hydroxylation is 1. The SMILES string of the molecule is Cc1noc2nc(-c3ccccc3)cc(C(=O)N3CCN(Cc4ccccc4)CC3C)c12. The molecule has 0 aliphatic carbocycles. The highest BCUT2D eigenvalue weighted by Gasteiger charge is 2.30. The molecular formula is C26H26N4O2. The van der Waals surface area contributed by atoms with Crippen molar-refractivity contribution in [2.24, 2.45) is 0 Å². The normalized spacial score (nSPS) is 17.1. The maximum atomic E-state index is 13.7. The molecule has 1 atom stereocenters. The Morgan fingerprint density at radius 3 is 2.50 bits per heavy atom. The Morgan fingerprint density at radius 1 is 1.06 bits per heavy atom.